The molecule has 3 N–H and O–H groups in total. The van der Waals surface area contributed by atoms with Crippen molar-refractivity contribution >= 4 is 57.1 Å². The lowest BCUT2D eigenvalue weighted by atomic mass is 10.2. The number of halogens is 1. The van der Waals surface area contributed by atoms with E-state index in [1.165, 1.54) is 18.4 Å². The molecule has 0 aliphatic rings. The number of nitrogens with zero attached hydrogens (tertiary/aromatic N) is 2. The lowest BCUT2D eigenvalue weighted by Crippen LogP contribution is -2.15. The fraction of sp³-hybridized carbons (Fsp3) is 0.267. The first-order valence-corrected chi connectivity index (χ1v) is 9.15. The second-order valence-corrected chi connectivity index (χ2v) is 6.60. The number of nitrogen functional groups attached to an aromatic ring is 1. The smallest absolute Gasteiger partial charge is 0.344 e. The number of rotatable bonds is 8. The van der Waals surface area contributed by atoms with E-state index in [9.17, 15) is 4.79 Å². The van der Waals surface area contributed by atoms with Crippen LogP contribution in [-0.4, -0.2) is 37.5 Å². The molecule has 0 aliphatic carbocycles. The van der Waals surface area contributed by atoms with Crippen LogP contribution < -0.4 is 20.6 Å². The predicted molar refractivity (Wildman–Crippen MR) is 106 cm³/mol. The Bertz CT molecular complexity index is 766. The van der Waals surface area contributed by atoms with E-state index in [0.717, 1.165) is 9.13 Å². The molecule has 0 unspecified atom stereocenters. The minimum Gasteiger partial charge on any atom is -0.493 e. The molecule has 2 aromatic rings. The van der Waals surface area contributed by atoms with Crippen molar-refractivity contribution in [3.63, 3.8) is 0 Å². The Labute approximate surface area is 162 Å². The van der Waals surface area contributed by atoms with Crippen LogP contribution in [0.15, 0.2) is 22.6 Å². The lowest BCUT2D eigenvalue weighted by molar-refractivity contribution is -0.145. The Morgan fingerprint density at radius 2 is 2.32 bits per heavy atom. The molecule has 1 heterocycles. The van der Waals surface area contributed by atoms with Crippen LogP contribution in [-0.2, 0) is 9.53 Å². The van der Waals surface area contributed by atoms with Gasteiger partial charge in [-0.25, -0.2) is 9.78 Å². The van der Waals surface area contributed by atoms with Gasteiger partial charge >= 0.3 is 5.97 Å². The van der Waals surface area contributed by atoms with Gasteiger partial charge in [-0.1, -0.05) is 0 Å². The van der Waals surface area contributed by atoms with E-state index in [2.05, 4.69) is 38.1 Å². The topological polar surface area (TPSA) is 108 Å². The predicted octanol–water partition coefficient (Wildman–Crippen LogP) is 2.73. The van der Waals surface area contributed by atoms with E-state index in [-0.39, 0.29) is 6.61 Å². The number of aromatic nitrogens is 1. The minimum absolute atomic E-state index is 0.180. The van der Waals surface area contributed by atoms with Gasteiger partial charge in [-0.2, -0.15) is 5.10 Å². The highest BCUT2D eigenvalue weighted by Gasteiger charge is 2.13. The molecule has 0 bridgehead atoms. The maximum Gasteiger partial charge on any atom is 0.344 e. The van der Waals surface area contributed by atoms with Gasteiger partial charge in [-0.15, -0.1) is 11.3 Å². The molecular formula is C15H17IN4O4S. The van der Waals surface area contributed by atoms with E-state index in [1.54, 1.807) is 24.6 Å². The van der Waals surface area contributed by atoms with Crippen molar-refractivity contribution < 1.29 is 19.0 Å². The van der Waals surface area contributed by atoms with Gasteiger partial charge in [0.1, 0.15) is 5.82 Å². The number of anilines is 2. The van der Waals surface area contributed by atoms with Crippen molar-refractivity contribution in [2.24, 2.45) is 5.10 Å². The summed E-state index contributed by atoms with van der Waals surface area (Å²) in [6, 6.07) is 3.61. The molecule has 2 rings (SSSR count). The van der Waals surface area contributed by atoms with E-state index >= 15 is 0 Å². The number of carbonyl (C=O) groups is 1. The quantitative estimate of drug-likeness (QED) is 0.261. The Morgan fingerprint density at radius 1 is 1.52 bits per heavy atom. The Hall–Kier alpha value is -2.08. The van der Waals surface area contributed by atoms with Gasteiger partial charge in [0, 0.05) is 5.38 Å². The summed E-state index contributed by atoms with van der Waals surface area (Å²) >= 11 is 3.46. The third-order valence-electron chi connectivity index (χ3n) is 2.79. The zero-order valence-corrected chi connectivity index (χ0v) is 16.6. The Morgan fingerprint density at radius 3 is 2.96 bits per heavy atom. The third kappa shape index (κ3) is 5.74. The molecule has 1 aromatic carbocycles. The number of nitrogens with one attached hydrogen (secondary N) is 1. The molecule has 0 amide bonds. The maximum atomic E-state index is 11.4. The highest BCUT2D eigenvalue weighted by molar-refractivity contribution is 14.1. The average Bonchev–Trinajstić information content (AvgIpc) is 2.99. The van der Waals surface area contributed by atoms with E-state index in [1.807, 2.05) is 6.07 Å². The number of hydrazone groups is 1. The van der Waals surface area contributed by atoms with Gasteiger partial charge in [0.2, 0.25) is 5.13 Å². The van der Waals surface area contributed by atoms with Crippen LogP contribution in [0.25, 0.3) is 0 Å². The highest BCUT2D eigenvalue weighted by Crippen LogP contribution is 2.33. The van der Waals surface area contributed by atoms with Crippen LogP contribution in [0.1, 0.15) is 12.5 Å². The van der Waals surface area contributed by atoms with Crippen LogP contribution in [0.3, 0.4) is 0 Å². The number of hydrogen-bond acceptors (Lipinski definition) is 9. The van der Waals surface area contributed by atoms with Gasteiger partial charge in [0.25, 0.3) is 0 Å². The number of hydrogen-bond donors (Lipinski definition) is 2. The van der Waals surface area contributed by atoms with Crippen LogP contribution in [0.4, 0.5) is 10.9 Å². The van der Waals surface area contributed by atoms with Gasteiger partial charge in [-0.05, 0) is 47.2 Å². The van der Waals surface area contributed by atoms with Crippen molar-refractivity contribution in [2.75, 3.05) is 31.5 Å². The fourth-order valence-corrected chi connectivity index (χ4v) is 3.12. The number of methoxy groups -OCH3 is 1. The molecule has 0 saturated heterocycles. The number of nitrogens with two attached hydrogens (primary N) is 1. The first-order chi connectivity index (χ1) is 12.0. The second kappa shape index (κ2) is 9.42. The van der Waals surface area contributed by atoms with Crippen molar-refractivity contribution in [1.82, 2.24) is 4.98 Å². The van der Waals surface area contributed by atoms with E-state index in [4.69, 9.17) is 19.9 Å². The molecule has 0 fully saturated rings. The van der Waals surface area contributed by atoms with Crippen LogP contribution >= 0.6 is 33.9 Å². The Kier molecular flexibility index (Phi) is 7.25. The minimum atomic E-state index is -0.432. The largest absolute Gasteiger partial charge is 0.493 e. The first-order valence-electron chi connectivity index (χ1n) is 7.19. The van der Waals surface area contributed by atoms with Crippen molar-refractivity contribution in [3.05, 3.63) is 26.6 Å². The highest BCUT2D eigenvalue weighted by atomic mass is 127. The van der Waals surface area contributed by atoms with E-state index < -0.39 is 5.97 Å². The summed E-state index contributed by atoms with van der Waals surface area (Å²) < 4.78 is 16.5. The zero-order chi connectivity index (χ0) is 18.2. The number of ether oxygens (including phenoxy) is 3. The van der Waals surface area contributed by atoms with Gasteiger partial charge in [-0.3, -0.25) is 5.43 Å². The van der Waals surface area contributed by atoms with Crippen molar-refractivity contribution in [2.45, 2.75) is 6.92 Å². The summed E-state index contributed by atoms with van der Waals surface area (Å²) in [5.41, 5.74) is 9.14. The van der Waals surface area contributed by atoms with Gasteiger partial charge in [0.15, 0.2) is 18.1 Å². The number of carbonyl (C=O) groups excluding carboxylic acids is 1. The Balaban J connectivity index is 2.08. The monoisotopic (exact) mass is 476 g/mol. The SMILES string of the molecule is CCOC(=O)COc1c(I)cc(C=NNc2nc(N)cs2)cc1OC. The fourth-order valence-electron chi connectivity index (χ4n) is 1.79. The van der Waals surface area contributed by atoms with Crippen molar-refractivity contribution in [1.29, 1.82) is 0 Å². The van der Waals surface area contributed by atoms with Gasteiger partial charge < -0.3 is 19.9 Å². The molecule has 0 aliphatic heterocycles. The van der Waals surface area contributed by atoms with E-state index in [0.29, 0.717) is 29.1 Å². The summed E-state index contributed by atoms with van der Waals surface area (Å²) in [6.07, 6.45) is 1.62. The van der Waals surface area contributed by atoms with Crippen molar-refractivity contribution in [3.8, 4) is 11.5 Å². The molecule has 0 saturated carbocycles. The van der Waals surface area contributed by atoms with Crippen LogP contribution in [0.2, 0.25) is 0 Å². The summed E-state index contributed by atoms with van der Waals surface area (Å²) in [7, 11) is 1.53. The molecule has 134 valence electrons. The van der Waals surface area contributed by atoms with Crippen LogP contribution in [0, 0.1) is 3.57 Å². The standard InChI is InChI=1S/C15H17IN4O4S/c1-3-23-13(21)7-24-14-10(16)4-9(5-11(14)22-2)6-18-20-15-19-12(17)8-25-15/h4-6,8H,3,7,17H2,1-2H3,(H,19,20). The third-order valence-corrected chi connectivity index (χ3v) is 4.35. The van der Waals surface area contributed by atoms with Gasteiger partial charge in [0.05, 0.1) is 23.5 Å². The summed E-state index contributed by atoms with van der Waals surface area (Å²) in [5, 5.41) is 6.44. The number of benzene rings is 1. The zero-order valence-electron chi connectivity index (χ0n) is 13.6. The average molecular weight is 476 g/mol. The molecule has 1 aromatic heterocycles. The second-order valence-electron chi connectivity index (χ2n) is 4.58. The maximum absolute atomic E-state index is 11.4. The molecule has 0 atom stereocenters. The molecule has 8 nitrogen and oxygen atoms in total. The summed E-state index contributed by atoms with van der Waals surface area (Å²) in [4.78, 5) is 15.5. The summed E-state index contributed by atoms with van der Waals surface area (Å²) in [6.45, 7) is 1.87. The number of esters is 1. The molecule has 0 radical (unpaired) electrons. The molecule has 10 heteroatoms. The molecular weight excluding hydrogens is 459 g/mol. The first kappa shape index (κ1) is 19.2. The molecule has 0 spiro atoms. The number of thiazole rings is 1. The lowest BCUT2D eigenvalue weighted by Gasteiger charge is -2.13. The summed E-state index contributed by atoms with van der Waals surface area (Å²) in [5.74, 6) is 0.991. The normalized spacial score (nSPS) is 10.7. The van der Waals surface area contributed by atoms with Crippen LogP contribution in [0.5, 0.6) is 11.5 Å². The molecule has 25 heavy (non-hydrogen) atoms.